The van der Waals surface area contributed by atoms with E-state index >= 15 is 0 Å². The van der Waals surface area contributed by atoms with Crippen LogP contribution in [0.1, 0.15) is 0 Å². The van der Waals surface area contributed by atoms with Gasteiger partial charge in [-0.2, -0.15) is 0 Å². The van der Waals surface area contributed by atoms with Gasteiger partial charge in [-0.25, -0.2) is 0 Å². The molecule has 11 heavy (non-hydrogen) atoms. The summed E-state index contributed by atoms with van der Waals surface area (Å²) in [5, 5.41) is 6.92. The Bertz CT molecular complexity index is 84.7. The zero-order valence-electron chi connectivity index (χ0n) is 6.45. The molecule has 0 heterocycles. The Morgan fingerprint density at radius 3 is 0.818 bits per heavy atom. The van der Waals surface area contributed by atoms with E-state index in [4.69, 9.17) is 0 Å². The molecular weight excluding hydrogens is 176 g/mol. The van der Waals surface area contributed by atoms with Gasteiger partial charge in [0.2, 0.25) is 0 Å². The third-order valence-electron chi connectivity index (χ3n) is 0.385. The minimum absolute atomic E-state index is 0. The Morgan fingerprint density at radius 1 is 0.636 bits per heavy atom. The van der Waals surface area contributed by atoms with Crippen molar-refractivity contribution in [1.29, 1.82) is 0 Å². The molecule has 0 bridgehead atoms. The summed E-state index contributed by atoms with van der Waals surface area (Å²) in [5.74, 6) is 0. The quantitative estimate of drug-likeness (QED) is 0.681. The maximum atomic E-state index is 3.44. The molecular formula is C8H14OS2. The van der Waals surface area contributed by atoms with Crippen molar-refractivity contribution in [3.63, 3.8) is 0 Å². The van der Waals surface area contributed by atoms with E-state index in [1.54, 1.807) is 21.6 Å². The van der Waals surface area contributed by atoms with Gasteiger partial charge in [-0.3, -0.25) is 0 Å². The summed E-state index contributed by atoms with van der Waals surface area (Å²) in [6.07, 6.45) is 0. The van der Waals surface area contributed by atoms with E-state index in [0.29, 0.717) is 0 Å². The van der Waals surface area contributed by atoms with Crippen molar-refractivity contribution in [3.05, 3.63) is 47.9 Å². The van der Waals surface area contributed by atoms with Crippen LogP contribution in [0.3, 0.4) is 0 Å². The number of rotatable bonds is 4. The van der Waals surface area contributed by atoms with Crippen LogP contribution >= 0.6 is 23.5 Å². The van der Waals surface area contributed by atoms with E-state index < -0.39 is 0 Å². The van der Waals surface area contributed by atoms with Crippen molar-refractivity contribution in [3.8, 4) is 0 Å². The normalized spacial score (nSPS) is 5.82. The van der Waals surface area contributed by atoms with Crippen LogP contribution < -0.4 is 0 Å². The Hall–Kier alpha value is -0.380. The minimum Gasteiger partial charge on any atom is -0.412 e. The van der Waals surface area contributed by atoms with Gasteiger partial charge in [0.25, 0.3) is 0 Å². The predicted molar refractivity (Wildman–Crippen MR) is 59.6 cm³/mol. The average molecular weight is 190 g/mol. The molecule has 3 heteroatoms. The summed E-state index contributed by atoms with van der Waals surface area (Å²) >= 11 is 2.98. The smallest absolute Gasteiger partial charge is 0.0320 e. The molecule has 0 rings (SSSR count). The zero-order chi connectivity index (χ0) is 8.24. The van der Waals surface area contributed by atoms with Crippen molar-refractivity contribution in [2.75, 3.05) is 0 Å². The number of thioether (sulfide) groups is 2. The van der Waals surface area contributed by atoms with E-state index in [1.165, 1.54) is 23.5 Å². The van der Waals surface area contributed by atoms with Crippen LogP contribution in [-0.4, -0.2) is 5.48 Å². The van der Waals surface area contributed by atoms with Crippen LogP contribution in [0.2, 0.25) is 0 Å². The lowest BCUT2D eigenvalue weighted by Gasteiger charge is -1.65. The van der Waals surface area contributed by atoms with Gasteiger partial charge in [0.15, 0.2) is 0 Å². The SMILES string of the molecule is C=CSC=C.C=CSC=C.O. The van der Waals surface area contributed by atoms with Crippen molar-refractivity contribution in [1.82, 2.24) is 0 Å². The van der Waals surface area contributed by atoms with Crippen LogP contribution in [0.4, 0.5) is 0 Å². The lowest BCUT2D eigenvalue weighted by Crippen LogP contribution is -1.25. The van der Waals surface area contributed by atoms with Gasteiger partial charge in [0, 0.05) is 0 Å². The van der Waals surface area contributed by atoms with Gasteiger partial charge >= 0.3 is 0 Å². The highest BCUT2D eigenvalue weighted by Gasteiger charge is 1.52. The highest BCUT2D eigenvalue weighted by Crippen LogP contribution is 1.96. The van der Waals surface area contributed by atoms with E-state index in [1.807, 2.05) is 0 Å². The Kier molecular flexibility index (Phi) is 34.8. The molecule has 0 aromatic carbocycles. The lowest BCUT2D eigenvalue weighted by atomic mass is 11.3. The fourth-order valence-corrected chi connectivity index (χ4v) is 0.408. The maximum absolute atomic E-state index is 3.44. The van der Waals surface area contributed by atoms with Crippen LogP contribution in [0, 0.1) is 0 Å². The van der Waals surface area contributed by atoms with Crippen LogP contribution in [0.15, 0.2) is 47.9 Å². The van der Waals surface area contributed by atoms with Gasteiger partial charge in [0.1, 0.15) is 0 Å². The van der Waals surface area contributed by atoms with E-state index in [-0.39, 0.29) is 5.48 Å². The standard InChI is InChI=1S/2C4H6S.H2O/c2*1-3-5-4-2;/h2*3-4H,1-2H2;1H2. The third kappa shape index (κ3) is 42.6. The van der Waals surface area contributed by atoms with Crippen molar-refractivity contribution in [2.45, 2.75) is 0 Å². The van der Waals surface area contributed by atoms with Crippen LogP contribution in [-0.2, 0) is 0 Å². The van der Waals surface area contributed by atoms with E-state index in [2.05, 4.69) is 26.3 Å². The summed E-state index contributed by atoms with van der Waals surface area (Å²) < 4.78 is 0. The molecule has 0 aliphatic carbocycles. The maximum Gasteiger partial charge on any atom is -0.0320 e. The van der Waals surface area contributed by atoms with Crippen LogP contribution in [0.25, 0.3) is 0 Å². The molecule has 2 N–H and O–H groups in total. The fourth-order valence-electron chi connectivity index (χ4n) is 0.136. The number of hydrogen-bond donors (Lipinski definition) is 0. The molecule has 0 atom stereocenters. The average Bonchev–Trinajstić information content (AvgIpc) is 1.93. The summed E-state index contributed by atoms with van der Waals surface area (Å²) in [5.41, 5.74) is 0. The number of hydrogen-bond acceptors (Lipinski definition) is 2. The second kappa shape index (κ2) is 22.6. The van der Waals surface area contributed by atoms with Gasteiger partial charge in [0.05, 0.1) is 0 Å². The second-order valence-electron chi connectivity index (χ2n) is 0.939. The van der Waals surface area contributed by atoms with Crippen molar-refractivity contribution >= 4 is 23.5 Å². The molecule has 0 spiro atoms. The Labute approximate surface area is 77.3 Å². The molecule has 0 aromatic heterocycles. The minimum atomic E-state index is 0. The third-order valence-corrected chi connectivity index (χ3v) is 1.15. The highest BCUT2D eigenvalue weighted by molar-refractivity contribution is 8.05. The highest BCUT2D eigenvalue weighted by atomic mass is 32.2. The first-order valence-electron chi connectivity index (χ1n) is 2.58. The van der Waals surface area contributed by atoms with Crippen molar-refractivity contribution in [2.24, 2.45) is 0 Å². The molecule has 0 radical (unpaired) electrons. The van der Waals surface area contributed by atoms with E-state index in [9.17, 15) is 0 Å². The fraction of sp³-hybridized carbons (Fsp3) is 0. The Balaban J connectivity index is -0.000000107. The topological polar surface area (TPSA) is 31.5 Å². The van der Waals surface area contributed by atoms with Gasteiger partial charge in [-0.05, 0) is 21.6 Å². The molecule has 0 aliphatic rings. The second-order valence-corrected chi connectivity index (χ2v) is 2.82. The molecule has 0 fully saturated rings. The summed E-state index contributed by atoms with van der Waals surface area (Å²) in [4.78, 5) is 0. The lowest BCUT2D eigenvalue weighted by molar-refractivity contribution is 0.824. The first kappa shape index (κ1) is 16.9. The first-order valence-corrected chi connectivity index (χ1v) is 4.46. The molecule has 1 nitrogen and oxygen atoms in total. The van der Waals surface area contributed by atoms with Gasteiger partial charge < -0.3 is 5.48 Å². The largest absolute Gasteiger partial charge is 0.412 e. The van der Waals surface area contributed by atoms with Gasteiger partial charge in [-0.15, -0.1) is 23.5 Å². The van der Waals surface area contributed by atoms with Crippen LogP contribution in [0.5, 0.6) is 0 Å². The summed E-state index contributed by atoms with van der Waals surface area (Å²) in [7, 11) is 0. The molecule has 0 unspecified atom stereocenters. The molecule has 64 valence electrons. The molecule has 0 aromatic rings. The van der Waals surface area contributed by atoms with E-state index in [0.717, 1.165) is 0 Å². The predicted octanol–water partition coefficient (Wildman–Crippen LogP) is 3.19. The monoisotopic (exact) mass is 190 g/mol. The Morgan fingerprint density at radius 2 is 0.818 bits per heavy atom. The molecule has 0 aliphatic heterocycles. The summed E-state index contributed by atoms with van der Waals surface area (Å²) in [6, 6.07) is 0. The zero-order valence-corrected chi connectivity index (χ0v) is 8.09. The van der Waals surface area contributed by atoms with Gasteiger partial charge in [-0.1, -0.05) is 26.3 Å². The molecule has 0 saturated heterocycles. The molecule has 0 saturated carbocycles. The van der Waals surface area contributed by atoms with Crippen molar-refractivity contribution < 1.29 is 5.48 Å². The molecule has 0 amide bonds. The first-order chi connectivity index (χ1) is 4.83. The summed E-state index contributed by atoms with van der Waals surface area (Å²) in [6.45, 7) is 13.8.